The number of hydrogen-bond donors (Lipinski definition) is 1. The third kappa shape index (κ3) is 2.47. The van der Waals surface area contributed by atoms with Crippen molar-refractivity contribution in [3.8, 4) is 0 Å². The van der Waals surface area contributed by atoms with Crippen molar-refractivity contribution in [2.45, 2.75) is 64.5 Å². The van der Waals surface area contributed by atoms with Gasteiger partial charge in [0.1, 0.15) is 0 Å². The maximum absolute atomic E-state index is 3.92. The molecule has 1 heteroatoms. The Bertz CT molecular complexity index is 416. The van der Waals surface area contributed by atoms with Crippen molar-refractivity contribution in [3.05, 3.63) is 34.9 Å². The summed E-state index contributed by atoms with van der Waals surface area (Å²) >= 11 is 0. The van der Waals surface area contributed by atoms with Crippen molar-refractivity contribution in [3.63, 3.8) is 0 Å². The smallest absolute Gasteiger partial charge is 0.0328 e. The number of hydrogen-bond acceptors (Lipinski definition) is 1. The lowest BCUT2D eigenvalue weighted by Gasteiger charge is -2.30. The van der Waals surface area contributed by atoms with Crippen molar-refractivity contribution in [1.82, 2.24) is 5.32 Å². The summed E-state index contributed by atoms with van der Waals surface area (Å²) < 4.78 is 0. The first kappa shape index (κ1) is 12.2. The molecule has 1 unspecified atom stereocenters. The molecule has 0 radical (unpaired) electrons. The van der Waals surface area contributed by atoms with Gasteiger partial charge in [-0.25, -0.2) is 0 Å². The van der Waals surface area contributed by atoms with Crippen LogP contribution in [0.2, 0.25) is 0 Å². The summed E-state index contributed by atoms with van der Waals surface area (Å²) in [5.41, 5.74) is 4.55. The lowest BCUT2D eigenvalue weighted by molar-refractivity contribution is 0.286. The molecule has 0 heterocycles. The van der Waals surface area contributed by atoms with E-state index in [1.807, 2.05) is 0 Å². The van der Waals surface area contributed by atoms with E-state index in [1.54, 1.807) is 11.1 Å². The fraction of sp³-hybridized carbons (Fsp3) is 0.647. The number of nitrogens with one attached hydrogen (secondary N) is 1. The first-order valence-corrected chi connectivity index (χ1v) is 7.58. The molecule has 1 nitrogen and oxygen atoms in total. The van der Waals surface area contributed by atoms with E-state index in [-0.39, 0.29) is 0 Å². The van der Waals surface area contributed by atoms with Gasteiger partial charge in [-0.05, 0) is 62.5 Å². The quantitative estimate of drug-likeness (QED) is 0.822. The predicted molar refractivity (Wildman–Crippen MR) is 76.8 cm³/mol. The van der Waals surface area contributed by atoms with Crippen LogP contribution < -0.4 is 5.32 Å². The average Bonchev–Trinajstić information content (AvgIpc) is 2.75. The number of fused-ring (bicyclic) bond motifs is 1. The molecule has 1 atom stereocenters. The van der Waals surface area contributed by atoms with Crippen molar-refractivity contribution < 1.29 is 0 Å². The number of rotatable bonds is 2. The highest BCUT2D eigenvalue weighted by Gasteiger charge is 2.26. The SMILES string of the molecule is Cc1ccc2c(c1)C(NC1CCC(C)CC1)CC2. The Hall–Kier alpha value is -0.820. The van der Waals surface area contributed by atoms with Crippen LogP contribution in [0.25, 0.3) is 0 Å². The highest BCUT2D eigenvalue weighted by Crippen LogP contribution is 2.34. The van der Waals surface area contributed by atoms with E-state index in [0.717, 1.165) is 12.0 Å². The van der Waals surface area contributed by atoms with Gasteiger partial charge in [0.05, 0.1) is 0 Å². The van der Waals surface area contributed by atoms with Gasteiger partial charge in [0.25, 0.3) is 0 Å². The standard InChI is InChI=1S/C17H25N/c1-12-4-8-15(9-5-12)18-17-10-7-14-6-3-13(2)11-16(14)17/h3,6,11-12,15,17-18H,4-5,7-10H2,1-2H3. The van der Waals surface area contributed by atoms with E-state index in [9.17, 15) is 0 Å². The molecule has 1 aromatic rings. The van der Waals surface area contributed by atoms with E-state index in [0.29, 0.717) is 6.04 Å². The Morgan fingerprint density at radius 2 is 1.83 bits per heavy atom. The molecule has 0 aliphatic heterocycles. The number of aryl methyl sites for hydroxylation is 2. The van der Waals surface area contributed by atoms with E-state index in [2.05, 4.69) is 37.4 Å². The molecule has 98 valence electrons. The minimum absolute atomic E-state index is 0.623. The molecule has 0 amide bonds. The van der Waals surface area contributed by atoms with Crippen molar-refractivity contribution in [1.29, 1.82) is 0 Å². The normalized spacial score (nSPS) is 31.3. The van der Waals surface area contributed by atoms with Gasteiger partial charge in [0.15, 0.2) is 0 Å². The Labute approximate surface area is 111 Å². The Morgan fingerprint density at radius 1 is 1.06 bits per heavy atom. The zero-order valence-corrected chi connectivity index (χ0v) is 11.7. The van der Waals surface area contributed by atoms with E-state index < -0.39 is 0 Å². The van der Waals surface area contributed by atoms with Gasteiger partial charge in [0, 0.05) is 12.1 Å². The summed E-state index contributed by atoms with van der Waals surface area (Å²) in [6, 6.07) is 8.36. The lowest BCUT2D eigenvalue weighted by Crippen LogP contribution is -2.34. The van der Waals surface area contributed by atoms with Crippen molar-refractivity contribution >= 4 is 0 Å². The molecule has 1 fully saturated rings. The summed E-state index contributed by atoms with van der Waals surface area (Å²) in [5.74, 6) is 0.946. The van der Waals surface area contributed by atoms with E-state index in [4.69, 9.17) is 0 Å². The van der Waals surface area contributed by atoms with E-state index in [1.165, 1.54) is 44.1 Å². The molecule has 2 aliphatic rings. The van der Waals surface area contributed by atoms with Crippen LogP contribution in [0.1, 0.15) is 61.8 Å². The highest BCUT2D eigenvalue weighted by atomic mass is 15.0. The van der Waals surface area contributed by atoms with Crippen LogP contribution in [0.4, 0.5) is 0 Å². The third-order valence-electron chi connectivity index (χ3n) is 4.83. The van der Waals surface area contributed by atoms with Crippen LogP contribution in [0, 0.1) is 12.8 Å². The Balaban J connectivity index is 1.67. The van der Waals surface area contributed by atoms with Crippen LogP contribution in [-0.4, -0.2) is 6.04 Å². The monoisotopic (exact) mass is 243 g/mol. The van der Waals surface area contributed by atoms with Gasteiger partial charge < -0.3 is 5.32 Å². The second-order valence-electron chi connectivity index (χ2n) is 6.42. The predicted octanol–water partition coefficient (Wildman–Crippen LogP) is 4.15. The second-order valence-corrected chi connectivity index (χ2v) is 6.42. The topological polar surface area (TPSA) is 12.0 Å². The van der Waals surface area contributed by atoms with Gasteiger partial charge in [-0.2, -0.15) is 0 Å². The molecule has 2 aliphatic carbocycles. The molecule has 1 saturated carbocycles. The fourth-order valence-corrected chi connectivity index (χ4v) is 3.61. The molecule has 0 aromatic heterocycles. The zero-order valence-electron chi connectivity index (χ0n) is 11.7. The lowest BCUT2D eigenvalue weighted by atomic mass is 9.87. The van der Waals surface area contributed by atoms with Crippen LogP contribution in [-0.2, 0) is 6.42 Å². The first-order chi connectivity index (χ1) is 8.72. The van der Waals surface area contributed by atoms with Gasteiger partial charge in [-0.15, -0.1) is 0 Å². The molecule has 3 rings (SSSR count). The van der Waals surface area contributed by atoms with Gasteiger partial charge in [-0.3, -0.25) is 0 Å². The molecule has 0 bridgehead atoms. The second kappa shape index (κ2) is 5.05. The molecule has 0 saturated heterocycles. The zero-order chi connectivity index (χ0) is 12.5. The summed E-state index contributed by atoms with van der Waals surface area (Å²) in [7, 11) is 0. The third-order valence-corrected chi connectivity index (χ3v) is 4.83. The van der Waals surface area contributed by atoms with Crippen molar-refractivity contribution in [2.24, 2.45) is 5.92 Å². The molecular weight excluding hydrogens is 218 g/mol. The van der Waals surface area contributed by atoms with Crippen LogP contribution >= 0.6 is 0 Å². The fourth-order valence-electron chi connectivity index (χ4n) is 3.61. The van der Waals surface area contributed by atoms with E-state index >= 15 is 0 Å². The average molecular weight is 243 g/mol. The van der Waals surface area contributed by atoms with Crippen LogP contribution in [0.3, 0.4) is 0 Å². The molecular formula is C17H25N. The van der Waals surface area contributed by atoms with Gasteiger partial charge in [0.2, 0.25) is 0 Å². The van der Waals surface area contributed by atoms with Gasteiger partial charge in [-0.1, -0.05) is 30.7 Å². The summed E-state index contributed by atoms with van der Waals surface area (Å²) in [5, 5.41) is 3.92. The van der Waals surface area contributed by atoms with Crippen molar-refractivity contribution in [2.75, 3.05) is 0 Å². The first-order valence-electron chi connectivity index (χ1n) is 7.58. The minimum atomic E-state index is 0.623. The highest BCUT2D eigenvalue weighted by molar-refractivity contribution is 5.37. The summed E-state index contributed by atoms with van der Waals surface area (Å²) in [6.07, 6.45) is 8.12. The Morgan fingerprint density at radius 3 is 2.61 bits per heavy atom. The van der Waals surface area contributed by atoms with Crippen LogP contribution in [0.15, 0.2) is 18.2 Å². The summed E-state index contributed by atoms with van der Waals surface area (Å²) in [6.45, 7) is 4.60. The number of benzene rings is 1. The molecule has 0 spiro atoms. The largest absolute Gasteiger partial charge is 0.307 e. The summed E-state index contributed by atoms with van der Waals surface area (Å²) in [4.78, 5) is 0. The molecule has 1 aromatic carbocycles. The molecule has 1 N–H and O–H groups in total. The van der Waals surface area contributed by atoms with Gasteiger partial charge >= 0.3 is 0 Å². The maximum atomic E-state index is 3.92. The maximum Gasteiger partial charge on any atom is 0.0328 e. The minimum Gasteiger partial charge on any atom is -0.307 e. The Kier molecular flexibility index (Phi) is 3.43. The van der Waals surface area contributed by atoms with Crippen LogP contribution in [0.5, 0.6) is 0 Å². The molecule has 18 heavy (non-hydrogen) atoms.